The minimum atomic E-state index is 0.186. The molecule has 1 fully saturated rings. The summed E-state index contributed by atoms with van der Waals surface area (Å²) >= 11 is 0. The molecule has 0 unspecified atom stereocenters. The number of hydrogen-bond donors (Lipinski definition) is 1. The summed E-state index contributed by atoms with van der Waals surface area (Å²) in [6.45, 7) is 6.77. The summed E-state index contributed by atoms with van der Waals surface area (Å²) in [6.07, 6.45) is 1.92. The average Bonchev–Trinajstić information content (AvgIpc) is 2.42. The molecule has 2 rings (SSSR count). The Morgan fingerprint density at radius 1 is 1.33 bits per heavy atom. The number of carbonyl (C=O) groups is 1. The van der Waals surface area contributed by atoms with E-state index in [9.17, 15) is 4.79 Å². The van der Waals surface area contributed by atoms with Crippen molar-refractivity contribution in [2.24, 2.45) is 5.92 Å². The van der Waals surface area contributed by atoms with Gasteiger partial charge < -0.3 is 10.2 Å². The zero-order chi connectivity index (χ0) is 13.0. The second kappa shape index (κ2) is 6.01. The maximum atomic E-state index is 12.6. The van der Waals surface area contributed by atoms with Gasteiger partial charge in [-0.1, -0.05) is 18.2 Å². The number of para-hydroxylation sites is 1. The predicted octanol–water partition coefficient (Wildman–Crippen LogP) is 2.35. The van der Waals surface area contributed by atoms with Crippen LogP contribution in [0.3, 0.4) is 0 Å². The normalized spacial score (nSPS) is 16.6. The van der Waals surface area contributed by atoms with Crippen molar-refractivity contribution >= 4 is 11.6 Å². The quantitative estimate of drug-likeness (QED) is 0.888. The number of piperidine rings is 1. The molecule has 0 aromatic heterocycles. The van der Waals surface area contributed by atoms with Gasteiger partial charge in [0.25, 0.3) is 0 Å². The average molecular weight is 246 g/mol. The first-order valence-electron chi connectivity index (χ1n) is 6.81. The standard InChI is InChI=1S/C15H22N2O/c1-3-17(14-7-5-4-6-12(14)2)15(18)13-8-10-16-11-9-13/h4-7,13,16H,3,8-11H2,1-2H3. The number of nitrogens with zero attached hydrogens (tertiary/aromatic N) is 1. The van der Waals surface area contributed by atoms with Crippen LogP contribution in [-0.4, -0.2) is 25.5 Å². The number of aryl methyl sites for hydroxylation is 1. The Balaban J connectivity index is 2.17. The van der Waals surface area contributed by atoms with Gasteiger partial charge in [-0.3, -0.25) is 4.79 Å². The van der Waals surface area contributed by atoms with Crippen LogP contribution < -0.4 is 10.2 Å². The van der Waals surface area contributed by atoms with Crippen molar-refractivity contribution in [1.29, 1.82) is 0 Å². The van der Waals surface area contributed by atoms with Crippen LogP contribution in [0.15, 0.2) is 24.3 Å². The fraction of sp³-hybridized carbons (Fsp3) is 0.533. The third kappa shape index (κ3) is 2.72. The molecular weight excluding hydrogens is 224 g/mol. The molecule has 1 aromatic carbocycles. The minimum absolute atomic E-state index is 0.186. The predicted molar refractivity (Wildman–Crippen MR) is 74.8 cm³/mol. The molecular formula is C15H22N2O. The summed E-state index contributed by atoms with van der Waals surface area (Å²) in [5, 5.41) is 3.31. The Kier molecular flexibility index (Phi) is 4.37. The highest BCUT2D eigenvalue weighted by molar-refractivity contribution is 5.95. The number of anilines is 1. The lowest BCUT2D eigenvalue weighted by Gasteiger charge is -2.29. The van der Waals surface area contributed by atoms with Gasteiger partial charge in [0.05, 0.1) is 0 Å². The van der Waals surface area contributed by atoms with Gasteiger partial charge in [-0.2, -0.15) is 0 Å². The Bertz CT molecular complexity index is 411. The van der Waals surface area contributed by atoms with Gasteiger partial charge in [-0.15, -0.1) is 0 Å². The van der Waals surface area contributed by atoms with Crippen LogP contribution in [0.4, 0.5) is 5.69 Å². The molecule has 0 spiro atoms. The summed E-state index contributed by atoms with van der Waals surface area (Å²) in [5.74, 6) is 0.471. The van der Waals surface area contributed by atoms with Crippen molar-refractivity contribution < 1.29 is 4.79 Å². The molecule has 1 saturated heterocycles. The summed E-state index contributed by atoms with van der Waals surface area (Å²) in [6, 6.07) is 8.12. The van der Waals surface area contributed by atoms with Gasteiger partial charge in [0.2, 0.25) is 5.91 Å². The van der Waals surface area contributed by atoms with Crippen LogP contribution in [0.5, 0.6) is 0 Å². The van der Waals surface area contributed by atoms with E-state index in [2.05, 4.69) is 18.3 Å². The zero-order valence-corrected chi connectivity index (χ0v) is 11.3. The van der Waals surface area contributed by atoms with E-state index in [-0.39, 0.29) is 11.8 Å². The number of hydrogen-bond acceptors (Lipinski definition) is 2. The Morgan fingerprint density at radius 2 is 2.00 bits per heavy atom. The van der Waals surface area contributed by atoms with E-state index < -0.39 is 0 Å². The molecule has 0 saturated carbocycles. The summed E-state index contributed by atoms with van der Waals surface area (Å²) in [4.78, 5) is 14.5. The minimum Gasteiger partial charge on any atom is -0.317 e. The van der Waals surface area contributed by atoms with Crippen LogP contribution in [0.25, 0.3) is 0 Å². The number of nitrogens with one attached hydrogen (secondary N) is 1. The van der Waals surface area contributed by atoms with Crippen molar-refractivity contribution in [1.82, 2.24) is 5.32 Å². The molecule has 1 N–H and O–H groups in total. The number of carbonyl (C=O) groups excluding carboxylic acids is 1. The van der Waals surface area contributed by atoms with E-state index in [0.717, 1.165) is 38.2 Å². The lowest BCUT2D eigenvalue weighted by atomic mass is 9.96. The molecule has 18 heavy (non-hydrogen) atoms. The summed E-state index contributed by atoms with van der Waals surface area (Å²) in [7, 11) is 0. The molecule has 3 nitrogen and oxygen atoms in total. The third-order valence-corrected chi connectivity index (χ3v) is 3.68. The molecule has 1 amide bonds. The topological polar surface area (TPSA) is 32.3 Å². The van der Waals surface area contributed by atoms with Gasteiger partial charge in [-0.05, 0) is 51.4 Å². The van der Waals surface area contributed by atoms with Crippen LogP contribution in [-0.2, 0) is 4.79 Å². The maximum Gasteiger partial charge on any atom is 0.230 e. The van der Waals surface area contributed by atoms with Crippen molar-refractivity contribution in [3.05, 3.63) is 29.8 Å². The maximum absolute atomic E-state index is 12.6. The largest absolute Gasteiger partial charge is 0.317 e. The van der Waals surface area contributed by atoms with Crippen molar-refractivity contribution in [3.63, 3.8) is 0 Å². The van der Waals surface area contributed by atoms with Gasteiger partial charge in [-0.25, -0.2) is 0 Å². The molecule has 1 aromatic rings. The molecule has 0 radical (unpaired) electrons. The lowest BCUT2D eigenvalue weighted by molar-refractivity contribution is -0.123. The fourth-order valence-electron chi connectivity index (χ4n) is 2.60. The Morgan fingerprint density at radius 3 is 2.61 bits per heavy atom. The number of rotatable bonds is 3. The van der Waals surface area contributed by atoms with E-state index in [0.29, 0.717) is 0 Å². The molecule has 1 aliphatic heterocycles. The smallest absolute Gasteiger partial charge is 0.230 e. The second-order valence-electron chi connectivity index (χ2n) is 4.89. The van der Waals surface area contributed by atoms with Crippen molar-refractivity contribution in [3.8, 4) is 0 Å². The molecule has 0 aliphatic carbocycles. The van der Waals surface area contributed by atoms with Crippen molar-refractivity contribution in [2.75, 3.05) is 24.5 Å². The Hall–Kier alpha value is -1.35. The van der Waals surface area contributed by atoms with Crippen LogP contribution in [0, 0.1) is 12.8 Å². The molecule has 1 aliphatic rings. The van der Waals surface area contributed by atoms with E-state index in [4.69, 9.17) is 0 Å². The first kappa shape index (κ1) is 13.1. The van der Waals surface area contributed by atoms with Crippen molar-refractivity contribution in [2.45, 2.75) is 26.7 Å². The number of benzene rings is 1. The third-order valence-electron chi connectivity index (χ3n) is 3.68. The number of amides is 1. The van der Waals surface area contributed by atoms with Gasteiger partial charge in [0, 0.05) is 18.2 Å². The first-order chi connectivity index (χ1) is 8.74. The highest BCUT2D eigenvalue weighted by atomic mass is 16.2. The van der Waals surface area contributed by atoms with Crippen LogP contribution >= 0.6 is 0 Å². The molecule has 1 heterocycles. The van der Waals surface area contributed by atoms with E-state index in [1.54, 1.807) is 0 Å². The van der Waals surface area contributed by atoms with Gasteiger partial charge >= 0.3 is 0 Å². The summed E-state index contributed by atoms with van der Waals surface area (Å²) < 4.78 is 0. The highest BCUT2D eigenvalue weighted by Gasteiger charge is 2.26. The molecule has 0 atom stereocenters. The SMILES string of the molecule is CCN(C(=O)C1CCNCC1)c1ccccc1C. The first-order valence-corrected chi connectivity index (χ1v) is 6.81. The molecule has 3 heteroatoms. The fourth-order valence-corrected chi connectivity index (χ4v) is 2.60. The van der Waals surface area contributed by atoms with Crippen LogP contribution in [0.1, 0.15) is 25.3 Å². The Labute approximate surface area is 109 Å². The lowest BCUT2D eigenvalue weighted by Crippen LogP contribution is -2.41. The van der Waals surface area contributed by atoms with E-state index in [1.165, 1.54) is 5.56 Å². The van der Waals surface area contributed by atoms with Gasteiger partial charge in [0.1, 0.15) is 0 Å². The second-order valence-corrected chi connectivity index (χ2v) is 4.89. The summed E-state index contributed by atoms with van der Waals surface area (Å²) in [5.41, 5.74) is 2.23. The zero-order valence-electron chi connectivity index (χ0n) is 11.3. The van der Waals surface area contributed by atoms with E-state index in [1.807, 2.05) is 30.0 Å². The van der Waals surface area contributed by atoms with E-state index >= 15 is 0 Å². The molecule has 0 bridgehead atoms. The monoisotopic (exact) mass is 246 g/mol. The van der Waals surface area contributed by atoms with Crippen LogP contribution in [0.2, 0.25) is 0 Å². The molecule has 98 valence electrons. The highest BCUT2D eigenvalue weighted by Crippen LogP contribution is 2.23. The van der Waals surface area contributed by atoms with Gasteiger partial charge in [0.15, 0.2) is 0 Å².